The van der Waals surface area contributed by atoms with E-state index in [1.807, 2.05) is 36.4 Å². The normalized spacial score (nSPS) is 13.8. The summed E-state index contributed by atoms with van der Waals surface area (Å²) in [5.41, 5.74) is 5.77. The second kappa shape index (κ2) is 9.36. The summed E-state index contributed by atoms with van der Waals surface area (Å²) in [7, 11) is 1.81. The number of thioether (sulfide) groups is 1. The van der Waals surface area contributed by atoms with Gasteiger partial charge < -0.3 is 4.90 Å². The lowest BCUT2D eigenvalue weighted by Crippen LogP contribution is -2.26. The summed E-state index contributed by atoms with van der Waals surface area (Å²) < 4.78 is 14.0. The van der Waals surface area contributed by atoms with Crippen LogP contribution in [0.15, 0.2) is 83.8 Å². The average molecular weight is 430 g/mol. The number of rotatable bonds is 6. The van der Waals surface area contributed by atoms with Gasteiger partial charge in [0.15, 0.2) is 0 Å². The number of carbonyl (C=O) groups is 1. The zero-order valence-corrected chi connectivity index (χ0v) is 18.5. The maximum Gasteiger partial charge on any atom is 0.227 e. The highest BCUT2D eigenvalue weighted by Gasteiger charge is 2.22. The van der Waals surface area contributed by atoms with Crippen molar-refractivity contribution in [3.8, 4) is 0 Å². The first kappa shape index (κ1) is 21.1. The molecule has 0 saturated carbocycles. The predicted octanol–water partition coefficient (Wildman–Crippen LogP) is 6.53. The summed E-state index contributed by atoms with van der Waals surface area (Å²) in [5.74, 6) is -0.281. The molecule has 3 aromatic rings. The number of fused-ring (bicyclic) bond motifs is 1. The molecule has 0 saturated heterocycles. The molecule has 3 aromatic carbocycles. The summed E-state index contributed by atoms with van der Waals surface area (Å²) >= 11 is 1.70. The van der Waals surface area contributed by atoms with E-state index in [2.05, 4.69) is 36.6 Å². The van der Waals surface area contributed by atoms with Gasteiger partial charge in [-0.05, 0) is 76.1 Å². The largest absolute Gasteiger partial charge is 0.341 e. The first-order chi connectivity index (χ1) is 15.0. The number of benzene rings is 3. The zero-order valence-electron chi connectivity index (χ0n) is 17.6. The Hall–Kier alpha value is -3.11. The summed E-state index contributed by atoms with van der Waals surface area (Å²) in [4.78, 5) is 15.8. The van der Waals surface area contributed by atoms with Crippen molar-refractivity contribution in [1.82, 2.24) is 4.90 Å². The molecule has 0 fully saturated rings. The van der Waals surface area contributed by atoms with Crippen LogP contribution < -0.4 is 0 Å². The van der Waals surface area contributed by atoms with E-state index >= 15 is 0 Å². The van der Waals surface area contributed by atoms with Crippen LogP contribution in [-0.4, -0.2) is 24.1 Å². The number of allylic oxidation sites excluding steroid dienone is 2. The van der Waals surface area contributed by atoms with Crippen LogP contribution in [0.1, 0.15) is 28.7 Å². The van der Waals surface area contributed by atoms with Gasteiger partial charge in [-0.1, -0.05) is 48.5 Å². The van der Waals surface area contributed by atoms with Gasteiger partial charge in [0.25, 0.3) is 0 Å². The Kier molecular flexibility index (Phi) is 6.38. The lowest BCUT2D eigenvalue weighted by Gasteiger charge is -2.18. The zero-order chi connectivity index (χ0) is 21.8. The molecule has 0 radical (unpaired) electrons. The Morgan fingerprint density at radius 1 is 1.00 bits per heavy atom. The average Bonchev–Trinajstić information content (AvgIpc) is 3.11. The molecule has 0 bridgehead atoms. The molecule has 31 heavy (non-hydrogen) atoms. The van der Waals surface area contributed by atoms with Crippen molar-refractivity contribution in [2.24, 2.45) is 0 Å². The van der Waals surface area contributed by atoms with Gasteiger partial charge in [0, 0.05) is 18.5 Å². The minimum Gasteiger partial charge on any atom is -0.341 e. The van der Waals surface area contributed by atoms with E-state index in [1.165, 1.54) is 17.0 Å². The van der Waals surface area contributed by atoms with E-state index in [0.29, 0.717) is 6.54 Å². The third-order valence-electron chi connectivity index (χ3n) is 5.44. The van der Waals surface area contributed by atoms with Crippen molar-refractivity contribution >= 4 is 34.9 Å². The van der Waals surface area contributed by atoms with E-state index in [1.54, 1.807) is 29.8 Å². The van der Waals surface area contributed by atoms with Gasteiger partial charge in [0.2, 0.25) is 5.91 Å². The standard InChI is InChI=1S/C27H24FNOS/c1-29(18-20-6-4-3-5-7-20)27(30)16-22-15-21(25-13-10-23(28)17-26(22)25)14-19-8-11-24(31-2)12-9-19/h3-15,17H,16,18H2,1-2H3. The lowest BCUT2D eigenvalue weighted by atomic mass is 10.0. The Morgan fingerprint density at radius 2 is 1.74 bits per heavy atom. The monoisotopic (exact) mass is 429 g/mol. The maximum atomic E-state index is 14.0. The Labute approximate surface area is 187 Å². The number of carbonyl (C=O) groups excluding carboxylic acids is 1. The molecule has 1 aliphatic rings. The third-order valence-corrected chi connectivity index (χ3v) is 6.18. The molecule has 0 atom stereocenters. The molecule has 156 valence electrons. The number of amides is 1. The highest BCUT2D eigenvalue weighted by molar-refractivity contribution is 7.98. The third kappa shape index (κ3) is 4.97. The van der Waals surface area contributed by atoms with E-state index < -0.39 is 0 Å². The van der Waals surface area contributed by atoms with Crippen molar-refractivity contribution in [3.63, 3.8) is 0 Å². The van der Waals surface area contributed by atoms with Crippen LogP contribution in [0.3, 0.4) is 0 Å². The first-order valence-corrected chi connectivity index (χ1v) is 11.4. The van der Waals surface area contributed by atoms with Crippen molar-refractivity contribution in [1.29, 1.82) is 0 Å². The molecule has 0 spiro atoms. The van der Waals surface area contributed by atoms with Crippen LogP contribution in [0, 0.1) is 5.82 Å². The fourth-order valence-electron chi connectivity index (χ4n) is 3.77. The predicted molar refractivity (Wildman–Crippen MR) is 128 cm³/mol. The summed E-state index contributed by atoms with van der Waals surface area (Å²) in [6, 6.07) is 23.0. The Balaban J connectivity index is 1.59. The van der Waals surface area contributed by atoms with E-state index in [0.717, 1.165) is 33.4 Å². The molecular weight excluding hydrogens is 405 g/mol. The Morgan fingerprint density at radius 3 is 2.45 bits per heavy atom. The summed E-state index contributed by atoms with van der Waals surface area (Å²) in [6.07, 6.45) is 6.39. The fourth-order valence-corrected chi connectivity index (χ4v) is 4.17. The molecule has 4 heteroatoms. The fraction of sp³-hybridized carbons (Fsp3) is 0.148. The van der Waals surface area contributed by atoms with Crippen LogP contribution >= 0.6 is 11.8 Å². The minimum absolute atomic E-state index is 0.0101. The molecule has 0 aliphatic heterocycles. The molecule has 2 nitrogen and oxygen atoms in total. The van der Waals surface area contributed by atoms with Crippen molar-refractivity contribution in [2.75, 3.05) is 13.3 Å². The van der Waals surface area contributed by atoms with Crippen LogP contribution in [-0.2, 0) is 11.3 Å². The number of hydrogen-bond acceptors (Lipinski definition) is 2. The summed E-state index contributed by atoms with van der Waals surface area (Å²) in [5, 5.41) is 0. The smallest absolute Gasteiger partial charge is 0.227 e. The second-order valence-electron chi connectivity index (χ2n) is 7.64. The second-order valence-corrected chi connectivity index (χ2v) is 8.52. The van der Waals surface area contributed by atoms with Gasteiger partial charge in [-0.2, -0.15) is 0 Å². The number of hydrogen-bond donors (Lipinski definition) is 0. The topological polar surface area (TPSA) is 20.3 Å². The number of halogens is 1. The van der Waals surface area contributed by atoms with E-state index in [-0.39, 0.29) is 18.1 Å². The molecule has 0 unspecified atom stereocenters. The number of nitrogens with zero attached hydrogens (tertiary/aromatic N) is 1. The maximum absolute atomic E-state index is 14.0. The highest BCUT2D eigenvalue weighted by Crippen LogP contribution is 2.39. The van der Waals surface area contributed by atoms with Gasteiger partial charge in [0.1, 0.15) is 5.82 Å². The van der Waals surface area contributed by atoms with Crippen molar-refractivity contribution in [3.05, 3.63) is 107 Å². The molecule has 0 N–H and O–H groups in total. The van der Waals surface area contributed by atoms with E-state index in [4.69, 9.17) is 0 Å². The molecule has 1 amide bonds. The van der Waals surface area contributed by atoms with Gasteiger partial charge in [-0.3, -0.25) is 4.79 Å². The lowest BCUT2D eigenvalue weighted by molar-refractivity contribution is -0.129. The van der Waals surface area contributed by atoms with Crippen molar-refractivity contribution in [2.45, 2.75) is 17.9 Å². The van der Waals surface area contributed by atoms with Crippen LogP contribution in [0.2, 0.25) is 0 Å². The van der Waals surface area contributed by atoms with Crippen molar-refractivity contribution < 1.29 is 9.18 Å². The Bertz CT molecular complexity index is 1150. The van der Waals surface area contributed by atoms with Crippen LogP contribution in [0.4, 0.5) is 4.39 Å². The van der Waals surface area contributed by atoms with Crippen LogP contribution in [0.5, 0.6) is 0 Å². The molecular formula is C27H24FNOS. The highest BCUT2D eigenvalue weighted by atomic mass is 32.2. The summed E-state index contributed by atoms with van der Waals surface area (Å²) in [6.45, 7) is 0.549. The molecule has 4 rings (SSSR count). The van der Waals surface area contributed by atoms with Gasteiger partial charge in [-0.25, -0.2) is 4.39 Å². The SMILES string of the molecule is CSc1ccc(C=C2C=C(CC(=O)N(C)Cc3ccccc3)c3cc(F)ccc32)cc1. The molecule has 0 heterocycles. The van der Waals surface area contributed by atoms with Gasteiger partial charge >= 0.3 is 0 Å². The minimum atomic E-state index is -0.291. The first-order valence-electron chi connectivity index (χ1n) is 10.2. The molecule has 1 aliphatic carbocycles. The van der Waals surface area contributed by atoms with Gasteiger partial charge in [-0.15, -0.1) is 11.8 Å². The van der Waals surface area contributed by atoms with Gasteiger partial charge in [0.05, 0.1) is 6.42 Å². The quantitative estimate of drug-likeness (QED) is 0.415. The van der Waals surface area contributed by atoms with Crippen LogP contribution in [0.25, 0.3) is 17.2 Å². The van der Waals surface area contributed by atoms with E-state index in [9.17, 15) is 9.18 Å². The molecule has 0 aromatic heterocycles.